The number of aromatic nitrogens is 2. The Balaban J connectivity index is 1.43. The molecule has 6 nitrogen and oxygen atoms in total. The average molecular weight is 315 g/mol. The molecule has 1 aliphatic carbocycles. The first kappa shape index (κ1) is 14.7. The zero-order chi connectivity index (χ0) is 15.6. The third kappa shape index (κ3) is 3.09. The van der Waals surface area contributed by atoms with Gasteiger partial charge in [-0.15, -0.1) is 0 Å². The van der Waals surface area contributed by atoms with Gasteiger partial charge in [0.05, 0.1) is 18.5 Å². The molecule has 0 N–H and O–H groups in total. The van der Waals surface area contributed by atoms with Gasteiger partial charge in [-0.05, 0) is 31.9 Å². The van der Waals surface area contributed by atoms with Crippen LogP contribution in [0.25, 0.3) is 0 Å². The Kier molecular flexibility index (Phi) is 4.01. The molecule has 0 amide bonds. The molecule has 2 aromatic rings. The Morgan fingerprint density at radius 1 is 1.39 bits per heavy atom. The highest BCUT2D eigenvalue weighted by Gasteiger charge is 2.44. The second-order valence-electron chi connectivity index (χ2n) is 6.22. The lowest BCUT2D eigenvalue weighted by Gasteiger charge is -2.38. The smallest absolute Gasteiger partial charge is 0.138 e. The Morgan fingerprint density at radius 3 is 3.13 bits per heavy atom. The van der Waals surface area contributed by atoms with Crippen LogP contribution in [0.2, 0.25) is 0 Å². The number of nitrogens with zero attached hydrogens (tertiary/aromatic N) is 3. The van der Waals surface area contributed by atoms with Crippen LogP contribution in [0.4, 0.5) is 0 Å². The molecule has 0 aromatic carbocycles. The number of rotatable bonds is 4. The second kappa shape index (κ2) is 6.29. The van der Waals surface area contributed by atoms with Gasteiger partial charge in [-0.25, -0.2) is 0 Å². The minimum absolute atomic E-state index is 0.0889. The summed E-state index contributed by atoms with van der Waals surface area (Å²) >= 11 is 0. The maximum atomic E-state index is 6.10. The molecule has 2 fully saturated rings. The van der Waals surface area contributed by atoms with Crippen LogP contribution in [0.5, 0.6) is 5.75 Å². The molecule has 3 heterocycles. The molecule has 1 saturated heterocycles. The first-order valence-corrected chi connectivity index (χ1v) is 8.14. The number of ether oxygens (including phenoxy) is 2. The molecule has 4 rings (SSSR count). The fraction of sp³-hybridized carbons (Fsp3) is 0.529. The Hall–Kier alpha value is -1.92. The van der Waals surface area contributed by atoms with Crippen molar-refractivity contribution in [2.45, 2.75) is 44.6 Å². The van der Waals surface area contributed by atoms with Gasteiger partial charge in [0.15, 0.2) is 0 Å². The van der Waals surface area contributed by atoms with Crippen molar-refractivity contribution in [3.05, 3.63) is 42.0 Å². The number of hydrogen-bond donors (Lipinski definition) is 0. The monoisotopic (exact) mass is 315 g/mol. The maximum absolute atomic E-state index is 6.10. The van der Waals surface area contributed by atoms with Gasteiger partial charge in [0.1, 0.15) is 23.7 Å². The normalized spacial score (nSPS) is 27.8. The zero-order valence-electron chi connectivity index (χ0n) is 13.2. The highest BCUT2D eigenvalue weighted by atomic mass is 16.5. The van der Waals surface area contributed by atoms with Gasteiger partial charge in [0, 0.05) is 31.4 Å². The third-order valence-electron chi connectivity index (χ3n) is 4.61. The van der Waals surface area contributed by atoms with E-state index in [9.17, 15) is 0 Å². The van der Waals surface area contributed by atoms with E-state index in [1.165, 1.54) is 0 Å². The summed E-state index contributed by atoms with van der Waals surface area (Å²) in [4.78, 5) is 6.55. The summed E-state index contributed by atoms with van der Waals surface area (Å²) in [5.74, 6) is 1.67. The topological polar surface area (TPSA) is 60.6 Å². The summed E-state index contributed by atoms with van der Waals surface area (Å²) in [6, 6.07) is 6.22. The van der Waals surface area contributed by atoms with Crippen LogP contribution < -0.4 is 4.74 Å². The molecule has 0 spiro atoms. The summed E-state index contributed by atoms with van der Waals surface area (Å²) in [5, 5.41) is 4.11. The van der Waals surface area contributed by atoms with E-state index in [4.69, 9.17) is 14.0 Å². The standard InChI is InChI=1S/C17H21N3O3/c1-12-9-13(19-23-12)11-20-7-8-21-17-15(20)4-5-16(17)22-14-3-2-6-18-10-14/h2-3,6,9-10,15-17H,4-5,7-8,11H2,1H3/t15-,16+,17+/m0/s1. The van der Waals surface area contributed by atoms with Crippen molar-refractivity contribution in [2.75, 3.05) is 13.2 Å². The zero-order valence-corrected chi connectivity index (χ0v) is 13.2. The molecule has 0 unspecified atom stereocenters. The van der Waals surface area contributed by atoms with Crippen LogP contribution in [0, 0.1) is 6.92 Å². The predicted octanol–water partition coefficient (Wildman–Crippen LogP) is 2.19. The molecule has 1 aliphatic heterocycles. The van der Waals surface area contributed by atoms with Crippen molar-refractivity contribution in [1.82, 2.24) is 15.0 Å². The Morgan fingerprint density at radius 2 is 2.35 bits per heavy atom. The van der Waals surface area contributed by atoms with E-state index in [1.807, 2.05) is 25.1 Å². The lowest BCUT2D eigenvalue weighted by molar-refractivity contribution is -0.0920. The van der Waals surface area contributed by atoms with Crippen LogP contribution in [0.3, 0.4) is 0 Å². The SMILES string of the molecule is Cc1cc(CN2CCO[C@H]3[C@H](Oc4cccnc4)CC[C@@H]32)no1. The number of hydrogen-bond acceptors (Lipinski definition) is 6. The van der Waals surface area contributed by atoms with Crippen molar-refractivity contribution in [3.8, 4) is 5.75 Å². The molecule has 6 heteroatoms. The first-order chi connectivity index (χ1) is 11.3. The van der Waals surface area contributed by atoms with Crippen LogP contribution in [-0.2, 0) is 11.3 Å². The first-order valence-electron chi connectivity index (χ1n) is 8.14. The minimum Gasteiger partial charge on any atom is -0.486 e. The Labute approximate surface area is 135 Å². The molecule has 0 radical (unpaired) electrons. The summed E-state index contributed by atoms with van der Waals surface area (Å²) in [6.45, 7) is 4.38. The number of pyridine rings is 1. The summed E-state index contributed by atoms with van der Waals surface area (Å²) < 4.78 is 17.3. The van der Waals surface area contributed by atoms with Crippen molar-refractivity contribution in [2.24, 2.45) is 0 Å². The van der Waals surface area contributed by atoms with E-state index in [1.54, 1.807) is 12.4 Å². The van der Waals surface area contributed by atoms with E-state index in [0.29, 0.717) is 6.04 Å². The number of morpholine rings is 1. The summed E-state index contributed by atoms with van der Waals surface area (Å²) in [7, 11) is 0. The fourth-order valence-corrected chi connectivity index (χ4v) is 3.61. The quantitative estimate of drug-likeness (QED) is 0.862. The summed E-state index contributed by atoms with van der Waals surface area (Å²) in [6.07, 6.45) is 5.78. The van der Waals surface area contributed by atoms with E-state index >= 15 is 0 Å². The van der Waals surface area contributed by atoms with Crippen molar-refractivity contribution >= 4 is 0 Å². The molecule has 2 aliphatic rings. The summed E-state index contributed by atoms with van der Waals surface area (Å²) in [5.41, 5.74) is 0.986. The van der Waals surface area contributed by atoms with Gasteiger partial charge < -0.3 is 14.0 Å². The predicted molar refractivity (Wildman–Crippen MR) is 83.1 cm³/mol. The van der Waals surface area contributed by atoms with Gasteiger partial charge >= 0.3 is 0 Å². The van der Waals surface area contributed by atoms with E-state index in [0.717, 1.165) is 49.7 Å². The molecule has 1 saturated carbocycles. The van der Waals surface area contributed by atoms with Crippen molar-refractivity contribution < 1.29 is 14.0 Å². The molecule has 3 atom stereocenters. The lowest BCUT2D eigenvalue weighted by Crippen LogP contribution is -2.51. The molecular formula is C17H21N3O3. The van der Waals surface area contributed by atoms with Gasteiger partial charge in [-0.1, -0.05) is 5.16 Å². The largest absolute Gasteiger partial charge is 0.486 e. The van der Waals surface area contributed by atoms with Crippen molar-refractivity contribution in [3.63, 3.8) is 0 Å². The maximum Gasteiger partial charge on any atom is 0.138 e. The molecule has 2 aromatic heterocycles. The minimum atomic E-state index is 0.0889. The van der Waals surface area contributed by atoms with Gasteiger partial charge in [0.2, 0.25) is 0 Å². The number of aryl methyl sites for hydroxylation is 1. The average Bonchev–Trinajstić information content (AvgIpc) is 3.16. The van der Waals surface area contributed by atoms with E-state index in [-0.39, 0.29) is 12.2 Å². The van der Waals surface area contributed by atoms with Gasteiger partial charge in [-0.3, -0.25) is 9.88 Å². The molecular weight excluding hydrogens is 294 g/mol. The molecule has 0 bridgehead atoms. The van der Waals surface area contributed by atoms with E-state index in [2.05, 4.69) is 15.0 Å². The highest BCUT2D eigenvalue weighted by Crippen LogP contribution is 2.33. The molecule has 122 valence electrons. The third-order valence-corrected chi connectivity index (χ3v) is 4.61. The fourth-order valence-electron chi connectivity index (χ4n) is 3.61. The highest BCUT2D eigenvalue weighted by molar-refractivity contribution is 5.17. The number of fused-ring (bicyclic) bond motifs is 1. The van der Waals surface area contributed by atoms with Crippen LogP contribution in [0.15, 0.2) is 35.1 Å². The Bertz CT molecular complexity index is 646. The van der Waals surface area contributed by atoms with Crippen molar-refractivity contribution in [1.29, 1.82) is 0 Å². The van der Waals surface area contributed by atoms with Crippen LogP contribution in [-0.4, -0.2) is 46.4 Å². The molecule has 23 heavy (non-hydrogen) atoms. The van der Waals surface area contributed by atoms with Crippen LogP contribution in [0.1, 0.15) is 24.3 Å². The lowest BCUT2D eigenvalue weighted by atomic mass is 10.1. The van der Waals surface area contributed by atoms with Gasteiger partial charge in [-0.2, -0.15) is 0 Å². The van der Waals surface area contributed by atoms with E-state index < -0.39 is 0 Å². The van der Waals surface area contributed by atoms with Crippen LogP contribution >= 0.6 is 0 Å². The second-order valence-corrected chi connectivity index (χ2v) is 6.22. The van der Waals surface area contributed by atoms with Gasteiger partial charge in [0.25, 0.3) is 0 Å².